The first-order valence-electron chi connectivity index (χ1n) is 5.02. The van der Waals surface area contributed by atoms with Crippen LogP contribution >= 0.6 is 0 Å². The molecular formula is C10H14F2N2O. The Morgan fingerprint density at radius 1 is 1.53 bits per heavy atom. The van der Waals surface area contributed by atoms with Crippen LogP contribution in [0.5, 0.6) is 0 Å². The van der Waals surface area contributed by atoms with Gasteiger partial charge in [-0.05, 0) is 0 Å². The van der Waals surface area contributed by atoms with Crippen LogP contribution in [0.4, 0.5) is 8.78 Å². The summed E-state index contributed by atoms with van der Waals surface area (Å²) in [6.45, 7) is 4.11. The largest absolute Gasteiger partial charge is 0.361 e. The van der Waals surface area contributed by atoms with Gasteiger partial charge in [0.1, 0.15) is 5.76 Å². The molecule has 1 aromatic heterocycles. The summed E-state index contributed by atoms with van der Waals surface area (Å²) in [5.74, 6) is -1.42. The first-order valence-corrected chi connectivity index (χ1v) is 5.02. The summed E-state index contributed by atoms with van der Waals surface area (Å²) in [6, 6.07) is 1.83. The van der Waals surface area contributed by atoms with Crippen LogP contribution in [0.1, 0.15) is 31.2 Å². The van der Waals surface area contributed by atoms with Gasteiger partial charge in [-0.3, -0.25) is 4.90 Å². The highest BCUT2D eigenvalue weighted by Crippen LogP contribution is 2.28. The van der Waals surface area contributed by atoms with Gasteiger partial charge in [0.05, 0.1) is 18.8 Å². The Morgan fingerprint density at radius 2 is 2.20 bits per heavy atom. The van der Waals surface area contributed by atoms with Gasteiger partial charge in [0.2, 0.25) is 0 Å². The van der Waals surface area contributed by atoms with Gasteiger partial charge in [-0.15, -0.1) is 0 Å². The van der Waals surface area contributed by atoms with Gasteiger partial charge in [-0.1, -0.05) is 19.0 Å². The fourth-order valence-corrected chi connectivity index (χ4v) is 1.62. The summed E-state index contributed by atoms with van der Waals surface area (Å²) in [5.41, 5.74) is 0.731. The quantitative estimate of drug-likeness (QED) is 0.776. The molecule has 0 atom stereocenters. The summed E-state index contributed by atoms with van der Waals surface area (Å²) < 4.78 is 30.2. The molecule has 0 aromatic carbocycles. The predicted molar refractivity (Wildman–Crippen MR) is 50.8 cm³/mol. The monoisotopic (exact) mass is 216 g/mol. The molecule has 1 aromatic rings. The molecule has 0 bridgehead atoms. The normalized spacial score (nSPS) is 20.6. The molecule has 5 heteroatoms. The molecule has 0 N–H and O–H groups in total. The third-order valence-electron chi connectivity index (χ3n) is 2.44. The Labute approximate surface area is 87.0 Å². The molecule has 0 aliphatic carbocycles. The third-order valence-corrected chi connectivity index (χ3v) is 2.44. The van der Waals surface area contributed by atoms with E-state index in [1.165, 1.54) is 0 Å². The highest BCUT2D eigenvalue weighted by atomic mass is 19.3. The van der Waals surface area contributed by atoms with Gasteiger partial charge in [-0.25, -0.2) is 8.78 Å². The maximum Gasteiger partial charge on any atom is 0.272 e. The maximum atomic E-state index is 12.5. The van der Waals surface area contributed by atoms with Crippen molar-refractivity contribution in [3.63, 3.8) is 0 Å². The van der Waals surface area contributed by atoms with Crippen LogP contribution in [0.25, 0.3) is 0 Å². The zero-order valence-corrected chi connectivity index (χ0v) is 8.83. The molecule has 3 nitrogen and oxygen atoms in total. The number of aromatic nitrogens is 1. The summed E-state index contributed by atoms with van der Waals surface area (Å²) in [6.07, 6.45) is 0. The van der Waals surface area contributed by atoms with Crippen molar-refractivity contribution in [2.75, 3.05) is 13.1 Å². The van der Waals surface area contributed by atoms with Crippen LogP contribution in [0.3, 0.4) is 0 Å². The van der Waals surface area contributed by atoms with E-state index in [1.807, 2.05) is 19.9 Å². The first kappa shape index (κ1) is 10.5. The van der Waals surface area contributed by atoms with Crippen LogP contribution in [0.2, 0.25) is 0 Å². The SMILES string of the molecule is CC(C)c1cc(CN2CC(F)(F)C2)no1. The van der Waals surface area contributed by atoms with Crippen LogP contribution < -0.4 is 0 Å². The van der Waals surface area contributed by atoms with Crippen molar-refractivity contribution in [2.45, 2.75) is 32.2 Å². The second kappa shape index (κ2) is 3.56. The predicted octanol–water partition coefficient (Wildman–Crippen LogP) is 2.25. The first-order chi connectivity index (χ1) is 6.96. The minimum Gasteiger partial charge on any atom is -0.361 e. The van der Waals surface area contributed by atoms with E-state index in [9.17, 15) is 8.78 Å². The summed E-state index contributed by atoms with van der Waals surface area (Å²) >= 11 is 0. The van der Waals surface area contributed by atoms with Gasteiger partial charge < -0.3 is 4.52 Å². The Hall–Kier alpha value is -0.970. The minimum absolute atomic E-state index is 0.170. The molecule has 0 spiro atoms. The zero-order chi connectivity index (χ0) is 11.1. The average Bonchev–Trinajstić information content (AvgIpc) is 2.49. The van der Waals surface area contributed by atoms with E-state index in [0.717, 1.165) is 11.5 Å². The van der Waals surface area contributed by atoms with Crippen molar-refractivity contribution < 1.29 is 13.3 Å². The topological polar surface area (TPSA) is 29.3 Å². The fourth-order valence-electron chi connectivity index (χ4n) is 1.62. The second-order valence-electron chi connectivity index (χ2n) is 4.38. The van der Waals surface area contributed by atoms with Crippen LogP contribution in [0, 0.1) is 0 Å². The molecule has 1 fully saturated rings. The van der Waals surface area contributed by atoms with E-state index in [4.69, 9.17) is 4.52 Å². The van der Waals surface area contributed by atoms with Gasteiger partial charge in [-0.2, -0.15) is 0 Å². The molecule has 0 unspecified atom stereocenters. The molecule has 1 aliphatic heterocycles. The van der Waals surface area contributed by atoms with Crippen LogP contribution in [-0.2, 0) is 6.54 Å². The lowest BCUT2D eigenvalue weighted by Gasteiger charge is -2.37. The Morgan fingerprint density at radius 3 is 2.67 bits per heavy atom. The number of hydrogen-bond acceptors (Lipinski definition) is 3. The van der Waals surface area contributed by atoms with E-state index in [0.29, 0.717) is 6.54 Å². The van der Waals surface area contributed by atoms with E-state index >= 15 is 0 Å². The zero-order valence-electron chi connectivity index (χ0n) is 8.83. The Balaban J connectivity index is 1.89. The lowest BCUT2D eigenvalue weighted by molar-refractivity contribution is -0.134. The molecule has 84 valence electrons. The lowest BCUT2D eigenvalue weighted by atomic mass is 10.1. The number of rotatable bonds is 3. The molecule has 1 saturated heterocycles. The minimum atomic E-state index is -2.51. The number of hydrogen-bond donors (Lipinski definition) is 0. The molecule has 15 heavy (non-hydrogen) atoms. The fraction of sp³-hybridized carbons (Fsp3) is 0.700. The van der Waals surface area contributed by atoms with E-state index in [-0.39, 0.29) is 19.0 Å². The van der Waals surface area contributed by atoms with Crippen LogP contribution in [-0.4, -0.2) is 29.1 Å². The van der Waals surface area contributed by atoms with Gasteiger partial charge in [0.25, 0.3) is 5.92 Å². The lowest BCUT2D eigenvalue weighted by Crippen LogP contribution is -2.55. The van der Waals surface area contributed by atoms with Crippen molar-refractivity contribution in [2.24, 2.45) is 0 Å². The molecule has 2 heterocycles. The van der Waals surface area contributed by atoms with Crippen LogP contribution in [0.15, 0.2) is 10.6 Å². The van der Waals surface area contributed by atoms with Gasteiger partial charge >= 0.3 is 0 Å². The summed E-state index contributed by atoms with van der Waals surface area (Å²) in [5, 5.41) is 3.85. The molecular weight excluding hydrogens is 202 g/mol. The maximum absolute atomic E-state index is 12.5. The molecule has 0 radical (unpaired) electrons. The van der Waals surface area contributed by atoms with Crippen molar-refractivity contribution in [3.8, 4) is 0 Å². The summed E-state index contributed by atoms with van der Waals surface area (Å²) in [7, 11) is 0. The van der Waals surface area contributed by atoms with E-state index in [1.54, 1.807) is 4.90 Å². The van der Waals surface area contributed by atoms with E-state index < -0.39 is 5.92 Å². The molecule has 1 aliphatic rings. The second-order valence-corrected chi connectivity index (χ2v) is 4.38. The van der Waals surface area contributed by atoms with Crippen molar-refractivity contribution in [1.82, 2.24) is 10.1 Å². The average molecular weight is 216 g/mol. The van der Waals surface area contributed by atoms with E-state index in [2.05, 4.69) is 5.16 Å². The highest BCUT2D eigenvalue weighted by molar-refractivity contribution is 5.09. The highest BCUT2D eigenvalue weighted by Gasteiger charge is 2.43. The molecule has 2 rings (SSSR count). The van der Waals surface area contributed by atoms with Crippen molar-refractivity contribution in [3.05, 3.63) is 17.5 Å². The molecule has 0 saturated carbocycles. The Kier molecular flexibility index (Phi) is 2.50. The number of likely N-dealkylation sites (tertiary alicyclic amines) is 1. The number of nitrogens with zero attached hydrogens (tertiary/aromatic N) is 2. The standard InChI is InChI=1S/C10H14F2N2O/c1-7(2)9-3-8(13-15-9)4-14-5-10(11,12)6-14/h3,7H,4-6H2,1-2H3. The third kappa shape index (κ3) is 2.34. The number of halogens is 2. The molecule has 0 amide bonds. The van der Waals surface area contributed by atoms with Crippen molar-refractivity contribution in [1.29, 1.82) is 0 Å². The van der Waals surface area contributed by atoms with Crippen molar-refractivity contribution >= 4 is 0 Å². The summed E-state index contributed by atoms with van der Waals surface area (Å²) in [4.78, 5) is 1.65. The smallest absolute Gasteiger partial charge is 0.272 e. The van der Waals surface area contributed by atoms with Gasteiger partial charge in [0, 0.05) is 18.5 Å². The Bertz CT molecular complexity index is 341. The van der Waals surface area contributed by atoms with Gasteiger partial charge in [0.15, 0.2) is 0 Å². The number of alkyl halides is 2.